The number of nitrogens with zero attached hydrogens (tertiary/aromatic N) is 1. The lowest BCUT2D eigenvalue weighted by Crippen LogP contribution is -2.23. The van der Waals surface area contributed by atoms with Crippen LogP contribution in [0.15, 0.2) is 29.2 Å². The van der Waals surface area contributed by atoms with E-state index in [1.807, 2.05) is 0 Å². The molecule has 1 aromatic rings. The van der Waals surface area contributed by atoms with Gasteiger partial charge in [-0.05, 0) is 17.7 Å². The highest BCUT2D eigenvalue weighted by molar-refractivity contribution is 8.13. The van der Waals surface area contributed by atoms with Crippen molar-refractivity contribution in [1.82, 2.24) is 4.90 Å². The maximum Gasteiger partial charge on any atom is 0.261 e. The fourth-order valence-electron chi connectivity index (χ4n) is 1.18. The molecule has 1 amide bonds. The average molecular weight is 262 g/mol. The van der Waals surface area contributed by atoms with Gasteiger partial charge in [0.1, 0.15) is 0 Å². The second-order valence-corrected chi connectivity index (χ2v) is 6.03. The first-order valence-electron chi connectivity index (χ1n) is 4.56. The number of hydrogen-bond donors (Lipinski definition) is 0. The van der Waals surface area contributed by atoms with E-state index < -0.39 is 9.05 Å². The van der Waals surface area contributed by atoms with Crippen LogP contribution in [0.1, 0.15) is 12.5 Å². The van der Waals surface area contributed by atoms with E-state index in [2.05, 4.69) is 0 Å². The number of carbonyl (C=O) groups excluding carboxylic acids is 1. The van der Waals surface area contributed by atoms with E-state index in [-0.39, 0.29) is 10.8 Å². The summed E-state index contributed by atoms with van der Waals surface area (Å²) >= 11 is 0. The molecule has 0 bridgehead atoms. The summed E-state index contributed by atoms with van der Waals surface area (Å²) < 4.78 is 22.2. The third-order valence-electron chi connectivity index (χ3n) is 2.14. The Hall–Kier alpha value is -1.07. The van der Waals surface area contributed by atoms with Crippen molar-refractivity contribution >= 4 is 25.6 Å². The van der Waals surface area contributed by atoms with Crippen molar-refractivity contribution in [1.29, 1.82) is 0 Å². The first-order valence-corrected chi connectivity index (χ1v) is 6.87. The summed E-state index contributed by atoms with van der Waals surface area (Å²) in [7, 11) is 3.15. The molecule has 0 aliphatic rings. The lowest BCUT2D eigenvalue weighted by molar-refractivity contribution is -0.128. The van der Waals surface area contributed by atoms with Gasteiger partial charge in [0.05, 0.1) is 4.90 Å². The lowest BCUT2D eigenvalue weighted by Gasteiger charge is -2.14. The summed E-state index contributed by atoms with van der Waals surface area (Å²) in [5.41, 5.74) is 0.722. The average Bonchev–Trinajstić information content (AvgIpc) is 2.16. The molecular formula is C10H12ClNO3S. The van der Waals surface area contributed by atoms with Gasteiger partial charge in [0.25, 0.3) is 9.05 Å². The van der Waals surface area contributed by atoms with Crippen LogP contribution in [0, 0.1) is 0 Å². The molecule has 0 spiro atoms. The summed E-state index contributed by atoms with van der Waals surface area (Å²) in [6.07, 6.45) is 0. The van der Waals surface area contributed by atoms with E-state index >= 15 is 0 Å². The quantitative estimate of drug-likeness (QED) is 0.777. The number of rotatable bonds is 3. The molecule has 0 aromatic heterocycles. The van der Waals surface area contributed by atoms with Crippen LogP contribution in [0.25, 0.3) is 0 Å². The first-order chi connectivity index (χ1) is 7.30. The summed E-state index contributed by atoms with van der Waals surface area (Å²) in [5.74, 6) is -0.0841. The number of hydrogen-bond acceptors (Lipinski definition) is 3. The zero-order valence-corrected chi connectivity index (χ0v) is 10.5. The minimum atomic E-state index is -3.71. The number of carbonyl (C=O) groups is 1. The third-order valence-corrected chi connectivity index (χ3v) is 3.49. The highest BCUT2D eigenvalue weighted by atomic mass is 35.7. The molecule has 0 unspecified atom stereocenters. The van der Waals surface area contributed by atoms with Crippen LogP contribution in [0.3, 0.4) is 0 Å². The Morgan fingerprint density at radius 1 is 1.44 bits per heavy atom. The summed E-state index contributed by atoms with van der Waals surface area (Å²) in [6.45, 7) is 1.80. The zero-order valence-electron chi connectivity index (χ0n) is 8.97. The normalized spacial score (nSPS) is 11.2. The van der Waals surface area contributed by atoms with Gasteiger partial charge < -0.3 is 4.90 Å². The predicted molar refractivity (Wildman–Crippen MR) is 61.6 cm³/mol. The van der Waals surface area contributed by atoms with E-state index in [0.29, 0.717) is 6.54 Å². The molecule has 4 nitrogen and oxygen atoms in total. The maximum atomic E-state index is 11.1. The van der Waals surface area contributed by atoms with Gasteiger partial charge in [-0.15, -0.1) is 0 Å². The van der Waals surface area contributed by atoms with Gasteiger partial charge in [0, 0.05) is 31.2 Å². The largest absolute Gasteiger partial charge is 0.342 e. The van der Waals surface area contributed by atoms with Crippen LogP contribution in [0.4, 0.5) is 0 Å². The Morgan fingerprint density at radius 2 is 2.06 bits per heavy atom. The Labute approximate surface area is 99.2 Å². The van der Waals surface area contributed by atoms with Crippen LogP contribution in [-0.4, -0.2) is 26.3 Å². The smallest absolute Gasteiger partial charge is 0.261 e. The Morgan fingerprint density at radius 3 is 2.56 bits per heavy atom. The van der Waals surface area contributed by atoms with Crippen molar-refractivity contribution in [3.8, 4) is 0 Å². The van der Waals surface area contributed by atoms with Crippen molar-refractivity contribution in [3.63, 3.8) is 0 Å². The first kappa shape index (κ1) is 13.0. The molecule has 0 atom stereocenters. The second kappa shape index (κ2) is 4.84. The SMILES string of the molecule is CC(=O)N(C)Cc1cccc(S(=O)(=O)Cl)c1. The molecule has 0 aliphatic heterocycles. The van der Waals surface area contributed by atoms with Crippen LogP contribution in [-0.2, 0) is 20.4 Å². The van der Waals surface area contributed by atoms with E-state index in [4.69, 9.17) is 10.7 Å². The van der Waals surface area contributed by atoms with E-state index in [0.717, 1.165) is 5.56 Å². The van der Waals surface area contributed by atoms with Gasteiger partial charge in [-0.3, -0.25) is 4.79 Å². The Balaban J connectivity index is 2.96. The van der Waals surface area contributed by atoms with E-state index in [1.165, 1.54) is 24.0 Å². The van der Waals surface area contributed by atoms with Crippen molar-refractivity contribution in [2.75, 3.05) is 7.05 Å². The third kappa shape index (κ3) is 3.50. The van der Waals surface area contributed by atoms with Gasteiger partial charge in [0.2, 0.25) is 5.91 Å². The summed E-state index contributed by atoms with van der Waals surface area (Å²) in [5, 5.41) is 0. The molecule has 0 radical (unpaired) electrons. The molecular weight excluding hydrogens is 250 g/mol. The minimum absolute atomic E-state index is 0.0450. The molecule has 0 heterocycles. The molecule has 88 valence electrons. The fraction of sp³-hybridized carbons (Fsp3) is 0.300. The number of halogens is 1. The highest BCUT2D eigenvalue weighted by Gasteiger charge is 2.11. The van der Waals surface area contributed by atoms with E-state index in [1.54, 1.807) is 19.2 Å². The summed E-state index contributed by atoms with van der Waals surface area (Å²) in [6, 6.07) is 6.21. The molecule has 0 saturated carbocycles. The number of benzene rings is 1. The van der Waals surface area contributed by atoms with Gasteiger partial charge in [0.15, 0.2) is 0 Å². The predicted octanol–water partition coefficient (Wildman–Crippen LogP) is 1.59. The summed E-state index contributed by atoms with van der Waals surface area (Å²) in [4.78, 5) is 12.5. The molecule has 0 fully saturated rings. The van der Waals surface area contributed by atoms with Crippen LogP contribution in [0.5, 0.6) is 0 Å². The van der Waals surface area contributed by atoms with Crippen LogP contribution >= 0.6 is 10.7 Å². The minimum Gasteiger partial charge on any atom is -0.342 e. The standard InChI is InChI=1S/C10H12ClNO3S/c1-8(13)12(2)7-9-4-3-5-10(6-9)16(11,14)15/h3-6H,7H2,1-2H3. The van der Waals surface area contributed by atoms with Crippen molar-refractivity contribution in [2.24, 2.45) is 0 Å². The van der Waals surface area contributed by atoms with Crippen molar-refractivity contribution < 1.29 is 13.2 Å². The molecule has 6 heteroatoms. The molecule has 1 aromatic carbocycles. The molecule has 0 N–H and O–H groups in total. The number of amides is 1. The Bertz CT molecular complexity index is 499. The fourth-order valence-corrected chi connectivity index (χ4v) is 2.00. The van der Waals surface area contributed by atoms with Crippen LogP contribution in [0.2, 0.25) is 0 Å². The van der Waals surface area contributed by atoms with Gasteiger partial charge in [-0.25, -0.2) is 8.42 Å². The van der Waals surface area contributed by atoms with Crippen molar-refractivity contribution in [2.45, 2.75) is 18.4 Å². The second-order valence-electron chi connectivity index (χ2n) is 3.46. The maximum absolute atomic E-state index is 11.1. The van der Waals surface area contributed by atoms with Gasteiger partial charge in [-0.2, -0.15) is 0 Å². The molecule has 0 saturated heterocycles. The monoisotopic (exact) mass is 261 g/mol. The zero-order chi connectivity index (χ0) is 12.3. The van der Waals surface area contributed by atoms with Crippen LogP contribution < -0.4 is 0 Å². The topological polar surface area (TPSA) is 54.5 Å². The van der Waals surface area contributed by atoms with E-state index in [9.17, 15) is 13.2 Å². The molecule has 1 rings (SSSR count). The van der Waals surface area contributed by atoms with Crippen molar-refractivity contribution in [3.05, 3.63) is 29.8 Å². The lowest BCUT2D eigenvalue weighted by atomic mass is 10.2. The Kier molecular flexibility index (Phi) is 3.93. The highest BCUT2D eigenvalue weighted by Crippen LogP contribution is 2.16. The van der Waals surface area contributed by atoms with Gasteiger partial charge in [-0.1, -0.05) is 12.1 Å². The molecule has 16 heavy (non-hydrogen) atoms. The molecule has 0 aliphatic carbocycles. The van der Waals surface area contributed by atoms with Gasteiger partial charge >= 0.3 is 0 Å².